The fourth-order valence-corrected chi connectivity index (χ4v) is 2.01. The van der Waals surface area contributed by atoms with Crippen LogP contribution in [0.25, 0.3) is 0 Å². The third kappa shape index (κ3) is 3.02. The summed E-state index contributed by atoms with van der Waals surface area (Å²) < 4.78 is 44.8. The Balaban J connectivity index is 2.52. The van der Waals surface area contributed by atoms with Gasteiger partial charge in [-0.1, -0.05) is 11.6 Å². The SMILES string of the molecule is Nc1c(Br)ccc(C(F)F)c1Oc1cc(F)ccc1Cl. The maximum absolute atomic E-state index is 13.2. The highest BCUT2D eigenvalue weighted by atomic mass is 79.9. The molecular weight excluding hydrogens is 358 g/mol. The van der Waals surface area contributed by atoms with Gasteiger partial charge in [0, 0.05) is 10.5 Å². The molecule has 0 aliphatic heterocycles. The van der Waals surface area contributed by atoms with Gasteiger partial charge < -0.3 is 10.5 Å². The molecule has 2 N–H and O–H groups in total. The van der Waals surface area contributed by atoms with Gasteiger partial charge >= 0.3 is 0 Å². The Hall–Kier alpha value is -1.40. The highest BCUT2D eigenvalue weighted by Crippen LogP contribution is 2.42. The number of rotatable bonds is 3. The molecule has 0 spiro atoms. The monoisotopic (exact) mass is 365 g/mol. The molecule has 0 bridgehead atoms. The average Bonchev–Trinajstić information content (AvgIpc) is 2.39. The molecule has 0 aliphatic carbocycles. The van der Waals surface area contributed by atoms with Crippen molar-refractivity contribution in [3.05, 3.63) is 51.2 Å². The first-order valence-electron chi connectivity index (χ1n) is 5.39. The number of nitrogen functional groups attached to an aromatic ring is 1. The van der Waals surface area contributed by atoms with Crippen LogP contribution in [0.4, 0.5) is 18.9 Å². The third-order valence-electron chi connectivity index (χ3n) is 2.51. The predicted octanol–water partition coefficient (Wildman–Crippen LogP) is 5.55. The van der Waals surface area contributed by atoms with Crippen molar-refractivity contribution in [1.82, 2.24) is 0 Å². The summed E-state index contributed by atoms with van der Waals surface area (Å²) in [5, 5.41) is 0.0889. The number of anilines is 1. The van der Waals surface area contributed by atoms with E-state index in [2.05, 4.69) is 15.9 Å². The summed E-state index contributed by atoms with van der Waals surface area (Å²) in [5.74, 6) is -0.934. The van der Waals surface area contributed by atoms with Crippen molar-refractivity contribution in [1.29, 1.82) is 0 Å². The first-order valence-corrected chi connectivity index (χ1v) is 6.56. The number of alkyl halides is 2. The third-order valence-corrected chi connectivity index (χ3v) is 3.52. The molecule has 2 aromatic rings. The molecule has 0 fully saturated rings. The number of hydrogen-bond donors (Lipinski definition) is 1. The predicted molar refractivity (Wildman–Crippen MR) is 75.0 cm³/mol. The zero-order chi connectivity index (χ0) is 14.9. The minimum Gasteiger partial charge on any atom is -0.453 e. The summed E-state index contributed by atoms with van der Waals surface area (Å²) >= 11 is 8.96. The second kappa shape index (κ2) is 5.93. The van der Waals surface area contributed by atoms with E-state index in [9.17, 15) is 13.2 Å². The fourth-order valence-electron chi connectivity index (χ4n) is 1.54. The molecule has 0 saturated carbocycles. The summed E-state index contributed by atoms with van der Waals surface area (Å²) in [6.45, 7) is 0. The van der Waals surface area contributed by atoms with Crippen molar-refractivity contribution >= 4 is 33.2 Å². The molecule has 20 heavy (non-hydrogen) atoms. The minimum atomic E-state index is -2.78. The molecule has 0 aliphatic rings. The van der Waals surface area contributed by atoms with Crippen LogP contribution in [0.1, 0.15) is 12.0 Å². The van der Waals surface area contributed by atoms with Crippen molar-refractivity contribution in [2.75, 3.05) is 5.73 Å². The molecule has 0 aromatic heterocycles. The summed E-state index contributed by atoms with van der Waals surface area (Å²) in [6, 6.07) is 5.96. The molecule has 0 atom stereocenters. The van der Waals surface area contributed by atoms with Gasteiger partial charge in [0.25, 0.3) is 6.43 Å². The van der Waals surface area contributed by atoms with Gasteiger partial charge in [-0.05, 0) is 40.2 Å². The van der Waals surface area contributed by atoms with Gasteiger partial charge in [-0.2, -0.15) is 0 Å². The molecule has 2 nitrogen and oxygen atoms in total. The summed E-state index contributed by atoms with van der Waals surface area (Å²) in [5.41, 5.74) is 5.31. The van der Waals surface area contributed by atoms with Crippen LogP contribution >= 0.6 is 27.5 Å². The normalized spacial score (nSPS) is 10.9. The smallest absolute Gasteiger partial charge is 0.267 e. The lowest BCUT2D eigenvalue weighted by atomic mass is 10.2. The maximum Gasteiger partial charge on any atom is 0.267 e. The van der Waals surface area contributed by atoms with E-state index in [4.69, 9.17) is 22.1 Å². The zero-order valence-electron chi connectivity index (χ0n) is 9.84. The molecule has 0 amide bonds. The highest BCUT2D eigenvalue weighted by Gasteiger charge is 2.20. The van der Waals surface area contributed by atoms with Crippen LogP contribution in [-0.4, -0.2) is 0 Å². The van der Waals surface area contributed by atoms with Crippen LogP contribution in [0.2, 0.25) is 5.02 Å². The molecule has 2 rings (SSSR count). The van der Waals surface area contributed by atoms with Crippen molar-refractivity contribution in [3.63, 3.8) is 0 Å². The number of nitrogens with two attached hydrogens (primary N) is 1. The van der Waals surface area contributed by atoms with Crippen molar-refractivity contribution < 1.29 is 17.9 Å². The van der Waals surface area contributed by atoms with Crippen LogP contribution < -0.4 is 10.5 Å². The molecule has 0 unspecified atom stereocenters. The van der Waals surface area contributed by atoms with Crippen LogP contribution in [0.3, 0.4) is 0 Å². The molecule has 2 aromatic carbocycles. The van der Waals surface area contributed by atoms with Crippen molar-refractivity contribution in [2.24, 2.45) is 0 Å². The van der Waals surface area contributed by atoms with Gasteiger partial charge in [-0.3, -0.25) is 0 Å². The van der Waals surface area contributed by atoms with Crippen LogP contribution in [0.15, 0.2) is 34.8 Å². The first kappa shape index (κ1) is 15.0. The quantitative estimate of drug-likeness (QED) is 0.722. The summed E-state index contributed by atoms with van der Waals surface area (Å²) in [6.07, 6.45) is -2.78. The van der Waals surface area contributed by atoms with E-state index in [0.717, 1.165) is 12.1 Å². The van der Waals surface area contributed by atoms with Gasteiger partial charge in [0.05, 0.1) is 16.3 Å². The van der Waals surface area contributed by atoms with Crippen LogP contribution in [-0.2, 0) is 0 Å². The zero-order valence-corrected chi connectivity index (χ0v) is 12.2. The second-order valence-corrected chi connectivity index (χ2v) is 5.12. The second-order valence-electron chi connectivity index (χ2n) is 3.86. The van der Waals surface area contributed by atoms with Crippen molar-refractivity contribution in [2.45, 2.75) is 6.43 Å². The lowest BCUT2D eigenvalue weighted by molar-refractivity contribution is 0.148. The Morgan fingerprint density at radius 3 is 2.55 bits per heavy atom. The van der Waals surface area contributed by atoms with Crippen LogP contribution in [0.5, 0.6) is 11.5 Å². The van der Waals surface area contributed by atoms with E-state index in [1.165, 1.54) is 18.2 Å². The average molecular weight is 367 g/mol. The summed E-state index contributed by atoms with van der Waals surface area (Å²) in [4.78, 5) is 0. The Kier molecular flexibility index (Phi) is 4.45. The minimum absolute atomic E-state index is 0.0110. The van der Waals surface area contributed by atoms with E-state index in [0.29, 0.717) is 4.47 Å². The van der Waals surface area contributed by atoms with E-state index < -0.39 is 17.8 Å². The maximum atomic E-state index is 13.2. The topological polar surface area (TPSA) is 35.2 Å². The van der Waals surface area contributed by atoms with E-state index in [-0.39, 0.29) is 22.2 Å². The number of hydrogen-bond acceptors (Lipinski definition) is 2. The van der Waals surface area contributed by atoms with E-state index in [1.54, 1.807) is 0 Å². The Morgan fingerprint density at radius 1 is 1.20 bits per heavy atom. The number of ether oxygens (including phenoxy) is 1. The van der Waals surface area contributed by atoms with Gasteiger partial charge in [-0.25, -0.2) is 13.2 Å². The largest absolute Gasteiger partial charge is 0.453 e. The molecule has 0 radical (unpaired) electrons. The van der Waals surface area contributed by atoms with Gasteiger partial charge in [0.15, 0.2) is 5.75 Å². The molecule has 7 heteroatoms. The first-order chi connectivity index (χ1) is 9.40. The molecule has 0 saturated heterocycles. The Morgan fingerprint density at radius 2 is 1.90 bits per heavy atom. The summed E-state index contributed by atoms with van der Waals surface area (Å²) in [7, 11) is 0. The van der Waals surface area contributed by atoms with Gasteiger partial charge in [0.1, 0.15) is 11.6 Å². The van der Waals surface area contributed by atoms with E-state index in [1.807, 2.05) is 0 Å². The number of benzene rings is 2. The lowest BCUT2D eigenvalue weighted by Crippen LogP contribution is -1.99. The number of halogens is 5. The van der Waals surface area contributed by atoms with Crippen LogP contribution in [0, 0.1) is 5.82 Å². The van der Waals surface area contributed by atoms with E-state index >= 15 is 0 Å². The van der Waals surface area contributed by atoms with Gasteiger partial charge in [-0.15, -0.1) is 0 Å². The Bertz CT molecular complexity index is 652. The standard InChI is InChI=1S/C13H8BrClF3NO/c14-8-3-2-7(13(17)18)12(11(8)19)20-10-5-6(16)1-4-9(10)15/h1-5,13H,19H2. The lowest BCUT2D eigenvalue weighted by Gasteiger charge is -2.15. The van der Waals surface area contributed by atoms with Crippen molar-refractivity contribution in [3.8, 4) is 11.5 Å². The molecular formula is C13H8BrClF3NO. The van der Waals surface area contributed by atoms with Gasteiger partial charge in [0.2, 0.25) is 0 Å². The Labute approximate surface area is 126 Å². The fraction of sp³-hybridized carbons (Fsp3) is 0.0769. The molecule has 106 valence electrons. The molecule has 0 heterocycles. The highest BCUT2D eigenvalue weighted by molar-refractivity contribution is 9.10.